The SMILES string of the molecule is Nc1ccc(Oc2ccc(Oc3ccc(N)cc3)cc2)cc1.c1ccc(Oc2ccc(Oc3ccccc3)cc2)cc1. The van der Waals surface area contributed by atoms with E-state index in [1.807, 2.05) is 133 Å². The van der Waals surface area contributed by atoms with Crippen molar-refractivity contribution < 1.29 is 18.9 Å². The van der Waals surface area contributed by atoms with Crippen LogP contribution in [0.3, 0.4) is 0 Å². The first-order chi connectivity index (χ1) is 20.6. The van der Waals surface area contributed by atoms with E-state index in [4.69, 9.17) is 30.4 Å². The van der Waals surface area contributed by atoms with Gasteiger partial charge in [-0.25, -0.2) is 0 Å². The monoisotopic (exact) mass is 554 g/mol. The van der Waals surface area contributed by atoms with Crippen molar-refractivity contribution in [1.29, 1.82) is 0 Å². The first-order valence-electron chi connectivity index (χ1n) is 13.3. The molecule has 0 spiro atoms. The summed E-state index contributed by atoms with van der Waals surface area (Å²) in [7, 11) is 0. The second kappa shape index (κ2) is 14.0. The van der Waals surface area contributed by atoms with Gasteiger partial charge in [0, 0.05) is 11.4 Å². The van der Waals surface area contributed by atoms with E-state index >= 15 is 0 Å². The maximum atomic E-state index is 5.73. The fourth-order valence-corrected chi connectivity index (χ4v) is 3.74. The molecule has 0 atom stereocenters. The average Bonchev–Trinajstić information content (AvgIpc) is 3.03. The first-order valence-corrected chi connectivity index (χ1v) is 13.3. The molecule has 0 radical (unpaired) electrons. The van der Waals surface area contributed by atoms with E-state index in [9.17, 15) is 0 Å². The minimum atomic E-state index is 0.708. The molecule has 208 valence electrons. The topological polar surface area (TPSA) is 89.0 Å². The maximum Gasteiger partial charge on any atom is 0.127 e. The lowest BCUT2D eigenvalue weighted by Crippen LogP contribution is -1.88. The molecule has 4 N–H and O–H groups in total. The van der Waals surface area contributed by atoms with Crippen LogP contribution in [0.25, 0.3) is 0 Å². The molecule has 0 unspecified atom stereocenters. The molecule has 6 aromatic rings. The van der Waals surface area contributed by atoms with Crippen molar-refractivity contribution in [3.8, 4) is 46.0 Å². The van der Waals surface area contributed by atoms with Crippen molar-refractivity contribution in [1.82, 2.24) is 0 Å². The Morgan fingerprint density at radius 3 is 0.667 bits per heavy atom. The van der Waals surface area contributed by atoms with Crippen molar-refractivity contribution >= 4 is 11.4 Å². The Morgan fingerprint density at radius 2 is 0.429 bits per heavy atom. The van der Waals surface area contributed by atoms with Crippen LogP contribution in [0.2, 0.25) is 0 Å². The Kier molecular flexibility index (Phi) is 9.20. The van der Waals surface area contributed by atoms with E-state index in [0.717, 1.165) is 46.0 Å². The highest BCUT2D eigenvalue weighted by molar-refractivity contribution is 5.45. The highest BCUT2D eigenvalue weighted by Crippen LogP contribution is 2.28. The Bertz CT molecular complexity index is 1510. The minimum Gasteiger partial charge on any atom is -0.457 e. The number of nitrogens with two attached hydrogens (primary N) is 2. The number of nitrogen functional groups attached to an aromatic ring is 2. The molecule has 0 amide bonds. The summed E-state index contributed by atoms with van der Waals surface area (Å²) in [6.07, 6.45) is 0. The van der Waals surface area contributed by atoms with Crippen LogP contribution in [0, 0.1) is 0 Å². The third kappa shape index (κ3) is 8.56. The summed E-state index contributed by atoms with van der Waals surface area (Å²) in [6, 6.07) is 48.9. The van der Waals surface area contributed by atoms with Gasteiger partial charge in [-0.1, -0.05) is 36.4 Å². The van der Waals surface area contributed by atoms with Gasteiger partial charge in [0.1, 0.15) is 46.0 Å². The Morgan fingerprint density at radius 1 is 0.238 bits per heavy atom. The summed E-state index contributed by atoms with van der Waals surface area (Å²) in [6.45, 7) is 0. The van der Waals surface area contributed by atoms with Crippen LogP contribution in [0.15, 0.2) is 158 Å². The normalized spacial score (nSPS) is 10.1. The van der Waals surface area contributed by atoms with Crippen molar-refractivity contribution in [3.05, 3.63) is 158 Å². The number of para-hydroxylation sites is 2. The number of hydrogen-bond donors (Lipinski definition) is 2. The van der Waals surface area contributed by atoms with E-state index in [1.165, 1.54) is 0 Å². The van der Waals surface area contributed by atoms with E-state index in [2.05, 4.69) is 0 Å². The molecule has 0 saturated heterocycles. The fourth-order valence-electron chi connectivity index (χ4n) is 3.74. The summed E-state index contributed by atoms with van der Waals surface area (Å²) in [5, 5.41) is 0. The molecule has 0 heterocycles. The van der Waals surface area contributed by atoms with E-state index in [1.54, 1.807) is 24.3 Å². The zero-order chi connectivity index (χ0) is 29.0. The van der Waals surface area contributed by atoms with E-state index in [-0.39, 0.29) is 0 Å². The standard InChI is InChI=1S/C18H16N2O2.C18H14O2/c19-13-1-5-15(6-2-13)21-17-9-11-18(12-10-17)22-16-7-3-14(20)4-8-16;1-3-7-15(8-4-1)19-17-11-13-18(14-12-17)20-16-9-5-2-6-10-16/h1-12H,19-20H2;1-14H. The van der Waals surface area contributed by atoms with Gasteiger partial charge in [0.05, 0.1) is 0 Å². The van der Waals surface area contributed by atoms with Crippen molar-refractivity contribution in [2.75, 3.05) is 11.5 Å². The van der Waals surface area contributed by atoms with Crippen LogP contribution in [-0.4, -0.2) is 0 Å². The molecular weight excluding hydrogens is 524 g/mol. The van der Waals surface area contributed by atoms with E-state index < -0.39 is 0 Å². The second-order valence-electron chi connectivity index (χ2n) is 9.12. The van der Waals surface area contributed by atoms with Crippen LogP contribution < -0.4 is 30.4 Å². The zero-order valence-electron chi connectivity index (χ0n) is 22.8. The smallest absolute Gasteiger partial charge is 0.127 e. The van der Waals surface area contributed by atoms with Gasteiger partial charge in [0.25, 0.3) is 0 Å². The lowest BCUT2D eigenvalue weighted by atomic mass is 10.3. The third-order valence-electron chi connectivity index (χ3n) is 5.84. The predicted molar refractivity (Wildman–Crippen MR) is 168 cm³/mol. The van der Waals surface area contributed by atoms with Gasteiger partial charge in [0.2, 0.25) is 0 Å². The molecule has 42 heavy (non-hydrogen) atoms. The quantitative estimate of drug-likeness (QED) is 0.182. The van der Waals surface area contributed by atoms with Crippen LogP contribution >= 0.6 is 0 Å². The minimum absolute atomic E-state index is 0.708. The molecule has 0 aliphatic carbocycles. The van der Waals surface area contributed by atoms with Crippen LogP contribution in [0.5, 0.6) is 46.0 Å². The second-order valence-corrected chi connectivity index (χ2v) is 9.12. The number of hydrogen-bond acceptors (Lipinski definition) is 6. The van der Waals surface area contributed by atoms with Gasteiger partial charge in [0.15, 0.2) is 0 Å². The molecule has 6 nitrogen and oxygen atoms in total. The number of benzene rings is 6. The molecular formula is C36H30N2O4. The average molecular weight is 555 g/mol. The highest BCUT2D eigenvalue weighted by Gasteiger charge is 2.01. The molecule has 0 aliphatic heterocycles. The molecule has 0 saturated carbocycles. The number of anilines is 2. The summed E-state index contributed by atoms with van der Waals surface area (Å²) >= 11 is 0. The van der Waals surface area contributed by atoms with Crippen molar-refractivity contribution in [2.45, 2.75) is 0 Å². The summed E-state index contributed by atoms with van der Waals surface area (Å²) in [5.74, 6) is 6.16. The van der Waals surface area contributed by atoms with Gasteiger partial charge in [-0.05, 0) is 121 Å². The molecule has 6 aromatic carbocycles. The number of ether oxygens (including phenoxy) is 4. The van der Waals surface area contributed by atoms with Crippen LogP contribution in [0.4, 0.5) is 11.4 Å². The molecule has 6 rings (SSSR count). The summed E-state index contributed by atoms with van der Waals surface area (Å²) < 4.78 is 22.9. The van der Waals surface area contributed by atoms with Crippen molar-refractivity contribution in [2.24, 2.45) is 0 Å². The Hall–Kier alpha value is -5.88. The Balaban J connectivity index is 0.000000169. The maximum absolute atomic E-state index is 5.73. The molecule has 0 fully saturated rings. The van der Waals surface area contributed by atoms with Crippen molar-refractivity contribution in [3.63, 3.8) is 0 Å². The van der Waals surface area contributed by atoms with Gasteiger partial charge in [-0.3, -0.25) is 0 Å². The van der Waals surface area contributed by atoms with Crippen LogP contribution in [0.1, 0.15) is 0 Å². The molecule has 0 aromatic heterocycles. The van der Waals surface area contributed by atoms with Gasteiger partial charge < -0.3 is 30.4 Å². The highest BCUT2D eigenvalue weighted by atomic mass is 16.5. The largest absolute Gasteiger partial charge is 0.457 e. The molecule has 0 aliphatic rings. The first kappa shape index (κ1) is 27.7. The van der Waals surface area contributed by atoms with Gasteiger partial charge in [-0.15, -0.1) is 0 Å². The Labute approximate surface area is 245 Å². The lowest BCUT2D eigenvalue weighted by Gasteiger charge is -2.08. The third-order valence-corrected chi connectivity index (χ3v) is 5.84. The summed E-state index contributed by atoms with van der Waals surface area (Å²) in [4.78, 5) is 0. The molecule has 0 bridgehead atoms. The van der Waals surface area contributed by atoms with Gasteiger partial charge >= 0.3 is 0 Å². The zero-order valence-corrected chi connectivity index (χ0v) is 22.8. The summed E-state index contributed by atoms with van der Waals surface area (Å²) in [5.41, 5.74) is 12.7. The predicted octanol–water partition coefficient (Wildman–Crippen LogP) is 9.71. The van der Waals surface area contributed by atoms with Gasteiger partial charge in [-0.2, -0.15) is 0 Å². The molecule has 6 heteroatoms. The van der Waals surface area contributed by atoms with E-state index in [0.29, 0.717) is 11.4 Å². The lowest BCUT2D eigenvalue weighted by molar-refractivity contribution is 0.469. The number of rotatable bonds is 8. The fraction of sp³-hybridized carbons (Fsp3) is 0. The van der Waals surface area contributed by atoms with Crippen LogP contribution in [-0.2, 0) is 0 Å².